The highest BCUT2D eigenvalue weighted by Crippen LogP contribution is 2.42. The van der Waals surface area contributed by atoms with E-state index in [-0.39, 0.29) is 6.04 Å². The minimum atomic E-state index is 0.0874. The maximum atomic E-state index is 9.90. The summed E-state index contributed by atoms with van der Waals surface area (Å²) < 4.78 is 5.25. The van der Waals surface area contributed by atoms with Crippen molar-refractivity contribution in [3.8, 4) is 5.75 Å². The number of aromatic nitrogens is 1. The Kier molecular flexibility index (Phi) is 4.66. The highest BCUT2D eigenvalue weighted by molar-refractivity contribution is 8.05. The lowest BCUT2D eigenvalue weighted by atomic mass is 9.96. The van der Waals surface area contributed by atoms with Crippen molar-refractivity contribution in [3.05, 3.63) is 76.6 Å². The molecule has 0 saturated carbocycles. The van der Waals surface area contributed by atoms with Gasteiger partial charge in [-0.15, -0.1) is 11.8 Å². The predicted molar refractivity (Wildman–Crippen MR) is 107 cm³/mol. The SMILES string of the molecule is C=C(S/C=C\C)C1c2[nH]c3ccc(O)cc3c2CCN1Cc1ccoc1. The summed E-state index contributed by atoms with van der Waals surface area (Å²) in [7, 11) is 0. The van der Waals surface area contributed by atoms with Gasteiger partial charge in [0.15, 0.2) is 0 Å². The Labute approximate surface area is 157 Å². The molecule has 4 rings (SSSR count). The molecule has 1 atom stereocenters. The number of aromatic amines is 1. The number of rotatable bonds is 5. The van der Waals surface area contributed by atoms with Crippen LogP contribution in [0, 0.1) is 0 Å². The fraction of sp³-hybridized carbons (Fsp3) is 0.238. The van der Waals surface area contributed by atoms with Crippen LogP contribution < -0.4 is 0 Å². The second-order valence-corrected chi connectivity index (χ2v) is 7.59. The fourth-order valence-corrected chi connectivity index (χ4v) is 4.41. The minimum absolute atomic E-state index is 0.0874. The molecule has 1 aliphatic heterocycles. The van der Waals surface area contributed by atoms with Gasteiger partial charge in [-0.2, -0.15) is 0 Å². The molecule has 2 N–H and O–H groups in total. The number of aromatic hydroxyl groups is 1. The zero-order chi connectivity index (χ0) is 18.1. The number of allylic oxidation sites excluding steroid dienone is 1. The monoisotopic (exact) mass is 366 g/mol. The number of hydrogen-bond donors (Lipinski definition) is 2. The normalized spacial score (nSPS) is 17.8. The van der Waals surface area contributed by atoms with E-state index in [2.05, 4.69) is 21.9 Å². The molecule has 0 aliphatic carbocycles. The van der Waals surface area contributed by atoms with Crippen LogP contribution in [0.25, 0.3) is 10.9 Å². The van der Waals surface area contributed by atoms with Crippen molar-refractivity contribution in [1.29, 1.82) is 0 Å². The first kappa shape index (κ1) is 17.1. The molecule has 0 radical (unpaired) electrons. The molecule has 5 heteroatoms. The lowest BCUT2D eigenvalue weighted by molar-refractivity contribution is 0.205. The molecule has 1 aliphatic rings. The van der Waals surface area contributed by atoms with Gasteiger partial charge >= 0.3 is 0 Å². The summed E-state index contributed by atoms with van der Waals surface area (Å²) in [5.74, 6) is 0.304. The molecule has 0 amide bonds. The van der Waals surface area contributed by atoms with Gasteiger partial charge in [0.25, 0.3) is 0 Å². The van der Waals surface area contributed by atoms with Crippen LogP contribution in [-0.2, 0) is 13.0 Å². The lowest BCUT2D eigenvalue weighted by Gasteiger charge is -2.36. The van der Waals surface area contributed by atoms with E-state index in [1.807, 2.05) is 31.2 Å². The van der Waals surface area contributed by atoms with Gasteiger partial charge in [0.2, 0.25) is 0 Å². The molecular formula is C21H22N2O2S. The Balaban J connectivity index is 1.76. The van der Waals surface area contributed by atoms with E-state index >= 15 is 0 Å². The highest BCUT2D eigenvalue weighted by Gasteiger charge is 2.32. The van der Waals surface area contributed by atoms with Crippen molar-refractivity contribution < 1.29 is 9.52 Å². The van der Waals surface area contributed by atoms with Crippen molar-refractivity contribution in [3.63, 3.8) is 0 Å². The molecule has 2 aromatic heterocycles. The van der Waals surface area contributed by atoms with Crippen LogP contribution in [0.2, 0.25) is 0 Å². The number of phenolic OH excluding ortho intramolecular Hbond substituents is 1. The summed E-state index contributed by atoms with van der Waals surface area (Å²) >= 11 is 1.67. The molecule has 0 fully saturated rings. The standard InChI is InChI=1S/C21H22N2O2S/c1-3-10-26-14(2)21-20-17(18-11-16(24)4-5-19(18)22-20)6-8-23(21)12-15-7-9-25-13-15/h3-5,7,9-11,13,21-22,24H,2,6,8,12H2,1H3/b10-3-. The largest absolute Gasteiger partial charge is 0.508 e. The number of benzene rings is 1. The third-order valence-electron chi connectivity index (χ3n) is 4.84. The van der Waals surface area contributed by atoms with Crippen LogP contribution in [0.5, 0.6) is 5.75 Å². The summed E-state index contributed by atoms with van der Waals surface area (Å²) in [4.78, 5) is 7.10. The average Bonchev–Trinajstić information content (AvgIpc) is 3.26. The third-order valence-corrected chi connectivity index (χ3v) is 5.77. The third kappa shape index (κ3) is 3.08. The van der Waals surface area contributed by atoms with E-state index in [0.717, 1.165) is 40.9 Å². The molecule has 0 saturated heterocycles. The smallest absolute Gasteiger partial charge is 0.116 e. The van der Waals surface area contributed by atoms with Gasteiger partial charge < -0.3 is 14.5 Å². The van der Waals surface area contributed by atoms with Crippen LogP contribution >= 0.6 is 11.8 Å². The summed E-state index contributed by atoms with van der Waals surface area (Å²) in [6, 6.07) is 7.63. The lowest BCUT2D eigenvalue weighted by Crippen LogP contribution is -2.35. The van der Waals surface area contributed by atoms with E-state index in [1.54, 1.807) is 30.4 Å². The van der Waals surface area contributed by atoms with Gasteiger partial charge in [0.1, 0.15) is 5.75 Å². The van der Waals surface area contributed by atoms with E-state index in [1.165, 1.54) is 11.3 Å². The Morgan fingerprint density at radius 1 is 1.46 bits per heavy atom. The van der Waals surface area contributed by atoms with Gasteiger partial charge in [-0.25, -0.2) is 0 Å². The van der Waals surface area contributed by atoms with Crippen molar-refractivity contribution in [1.82, 2.24) is 9.88 Å². The fourth-order valence-electron chi connectivity index (χ4n) is 3.70. The number of furan rings is 1. The number of hydrogen-bond acceptors (Lipinski definition) is 4. The maximum Gasteiger partial charge on any atom is 0.116 e. The second-order valence-electron chi connectivity index (χ2n) is 6.56. The quantitative estimate of drug-likeness (QED) is 0.639. The number of nitrogens with one attached hydrogen (secondary N) is 1. The van der Waals surface area contributed by atoms with E-state index in [4.69, 9.17) is 4.42 Å². The molecule has 26 heavy (non-hydrogen) atoms. The van der Waals surface area contributed by atoms with Crippen molar-refractivity contribution >= 4 is 22.7 Å². The predicted octanol–water partition coefficient (Wildman–Crippen LogP) is 5.35. The molecule has 134 valence electrons. The summed E-state index contributed by atoms with van der Waals surface area (Å²) in [6.45, 7) is 8.12. The Morgan fingerprint density at radius 2 is 2.35 bits per heavy atom. The molecule has 3 aromatic rings. The van der Waals surface area contributed by atoms with Crippen molar-refractivity contribution in [2.45, 2.75) is 25.9 Å². The van der Waals surface area contributed by atoms with Gasteiger partial charge in [-0.1, -0.05) is 12.7 Å². The Hall–Kier alpha value is -2.37. The van der Waals surface area contributed by atoms with Crippen molar-refractivity contribution in [2.75, 3.05) is 6.54 Å². The zero-order valence-corrected chi connectivity index (χ0v) is 15.6. The van der Waals surface area contributed by atoms with Gasteiger partial charge in [0.05, 0.1) is 18.6 Å². The molecule has 1 aromatic carbocycles. The van der Waals surface area contributed by atoms with Gasteiger partial charge in [-0.05, 0) is 48.6 Å². The first-order valence-corrected chi connectivity index (χ1v) is 9.60. The molecular weight excluding hydrogens is 344 g/mol. The molecule has 4 nitrogen and oxygen atoms in total. The minimum Gasteiger partial charge on any atom is -0.508 e. The number of phenols is 1. The molecule has 0 spiro atoms. The van der Waals surface area contributed by atoms with E-state index < -0.39 is 0 Å². The van der Waals surface area contributed by atoms with E-state index in [0.29, 0.717) is 5.75 Å². The summed E-state index contributed by atoms with van der Waals surface area (Å²) in [5, 5.41) is 13.1. The molecule has 1 unspecified atom stereocenters. The van der Waals surface area contributed by atoms with Crippen LogP contribution in [0.1, 0.15) is 29.8 Å². The number of H-pyrrole nitrogens is 1. The Bertz CT molecular complexity index is 956. The number of nitrogens with zero attached hydrogens (tertiary/aromatic N) is 1. The first-order valence-electron chi connectivity index (χ1n) is 8.72. The topological polar surface area (TPSA) is 52.4 Å². The zero-order valence-electron chi connectivity index (χ0n) is 14.7. The van der Waals surface area contributed by atoms with Crippen LogP contribution in [0.3, 0.4) is 0 Å². The average molecular weight is 366 g/mol. The van der Waals surface area contributed by atoms with Gasteiger partial charge in [0, 0.05) is 40.2 Å². The van der Waals surface area contributed by atoms with Crippen LogP contribution in [0.15, 0.2) is 64.2 Å². The Morgan fingerprint density at radius 3 is 3.12 bits per heavy atom. The number of fused-ring (bicyclic) bond motifs is 3. The number of thioether (sulfide) groups is 1. The van der Waals surface area contributed by atoms with Crippen LogP contribution in [-0.4, -0.2) is 21.5 Å². The molecule has 0 bridgehead atoms. The van der Waals surface area contributed by atoms with E-state index in [9.17, 15) is 5.11 Å². The molecule has 3 heterocycles. The first-order chi connectivity index (χ1) is 12.7. The second kappa shape index (κ2) is 7.09. The van der Waals surface area contributed by atoms with Gasteiger partial charge in [-0.3, -0.25) is 4.90 Å². The summed E-state index contributed by atoms with van der Waals surface area (Å²) in [5.41, 5.74) is 4.69. The maximum absolute atomic E-state index is 9.90. The van der Waals surface area contributed by atoms with Crippen molar-refractivity contribution in [2.24, 2.45) is 0 Å². The summed E-state index contributed by atoms with van der Waals surface area (Å²) in [6.07, 6.45) is 6.49. The highest BCUT2D eigenvalue weighted by atomic mass is 32.2. The van der Waals surface area contributed by atoms with Crippen LogP contribution in [0.4, 0.5) is 0 Å².